The molecule has 64 valence electrons. The topological polar surface area (TPSA) is 12.0 Å². The summed E-state index contributed by atoms with van der Waals surface area (Å²) in [5.74, 6) is 3.48. The van der Waals surface area contributed by atoms with Crippen LogP contribution in [0.4, 0.5) is 0 Å². The van der Waals surface area contributed by atoms with Crippen molar-refractivity contribution in [3.8, 4) is 12.3 Å². The monoisotopic (exact) mass is 153 g/mol. The van der Waals surface area contributed by atoms with Crippen LogP contribution in [0.1, 0.15) is 32.6 Å². The van der Waals surface area contributed by atoms with Gasteiger partial charge in [0.25, 0.3) is 0 Å². The molecule has 1 unspecified atom stereocenters. The third-order valence-electron chi connectivity index (χ3n) is 1.91. The fourth-order valence-corrected chi connectivity index (χ4v) is 1.09. The SMILES string of the molecule is C#CCCCC(C)CCNC. The van der Waals surface area contributed by atoms with Crippen molar-refractivity contribution in [3.63, 3.8) is 0 Å². The first kappa shape index (κ1) is 10.5. The molecule has 0 saturated heterocycles. The minimum Gasteiger partial charge on any atom is -0.320 e. The third kappa shape index (κ3) is 7.42. The van der Waals surface area contributed by atoms with Crippen molar-refractivity contribution in [1.82, 2.24) is 5.32 Å². The summed E-state index contributed by atoms with van der Waals surface area (Å²) in [5, 5.41) is 3.15. The van der Waals surface area contributed by atoms with Crippen molar-refractivity contribution in [2.45, 2.75) is 32.6 Å². The first-order valence-electron chi connectivity index (χ1n) is 4.39. The van der Waals surface area contributed by atoms with E-state index >= 15 is 0 Å². The number of hydrogen-bond acceptors (Lipinski definition) is 1. The Hall–Kier alpha value is -0.480. The van der Waals surface area contributed by atoms with Gasteiger partial charge in [-0.2, -0.15) is 0 Å². The summed E-state index contributed by atoms with van der Waals surface area (Å²) in [6.45, 7) is 3.41. The van der Waals surface area contributed by atoms with E-state index in [9.17, 15) is 0 Å². The van der Waals surface area contributed by atoms with Crippen LogP contribution in [-0.4, -0.2) is 13.6 Å². The van der Waals surface area contributed by atoms with Gasteiger partial charge in [-0.15, -0.1) is 12.3 Å². The molecule has 0 amide bonds. The van der Waals surface area contributed by atoms with Gasteiger partial charge in [0, 0.05) is 6.42 Å². The Labute approximate surface area is 70.6 Å². The van der Waals surface area contributed by atoms with Crippen LogP contribution in [-0.2, 0) is 0 Å². The average Bonchev–Trinajstić information content (AvgIpc) is 2.01. The highest BCUT2D eigenvalue weighted by molar-refractivity contribution is 4.83. The summed E-state index contributed by atoms with van der Waals surface area (Å²) in [6, 6.07) is 0. The summed E-state index contributed by atoms with van der Waals surface area (Å²) in [4.78, 5) is 0. The van der Waals surface area contributed by atoms with E-state index in [-0.39, 0.29) is 0 Å². The molecule has 0 aliphatic carbocycles. The molecular weight excluding hydrogens is 134 g/mol. The maximum Gasteiger partial charge on any atom is 0.00861 e. The molecule has 0 aliphatic heterocycles. The van der Waals surface area contributed by atoms with Crippen LogP contribution in [0.3, 0.4) is 0 Å². The Morgan fingerprint density at radius 2 is 2.18 bits per heavy atom. The molecule has 0 aliphatic rings. The van der Waals surface area contributed by atoms with Gasteiger partial charge >= 0.3 is 0 Å². The van der Waals surface area contributed by atoms with Crippen molar-refractivity contribution in [2.24, 2.45) is 5.92 Å². The number of terminal acetylenes is 1. The normalized spacial score (nSPS) is 12.5. The van der Waals surface area contributed by atoms with Crippen LogP contribution in [0.2, 0.25) is 0 Å². The van der Waals surface area contributed by atoms with Crippen LogP contribution in [0.25, 0.3) is 0 Å². The maximum atomic E-state index is 5.15. The predicted molar refractivity (Wildman–Crippen MR) is 50.4 cm³/mol. The Morgan fingerprint density at radius 1 is 1.45 bits per heavy atom. The second-order valence-corrected chi connectivity index (χ2v) is 3.09. The molecule has 1 N–H and O–H groups in total. The van der Waals surface area contributed by atoms with Gasteiger partial charge in [0.05, 0.1) is 0 Å². The van der Waals surface area contributed by atoms with Crippen molar-refractivity contribution < 1.29 is 0 Å². The number of rotatable bonds is 6. The molecule has 0 saturated carbocycles. The first-order chi connectivity index (χ1) is 5.31. The molecule has 1 atom stereocenters. The Kier molecular flexibility index (Phi) is 7.29. The van der Waals surface area contributed by atoms with Gasteiger partial charge in [-0.05, 0) is 38.8 Å². The van der Waals surface area contributed by atoms with Crippen LogP contribution in [0, 0.1) is 18.3 Å². The second kappa shape index (κ2) is 7.63. The zero-order valence-corrected chi connectivity index (χ0v) is 7.69. The molecule has 0 heterocycles. The lowest BCUT2D eigenvalue weighted by molar-refractivity contribution is 0.469. The molecular formula is C10H19N. The number of hydrogen-bond donors (Lipinski definition) is 1. The van der Waals surface area contributed by atoms with Gasteiger partial charge in [0.1, 0.15) is 0 Å². The van der Waals surface area contributed by atoms with Gasteiger partial charge in [-0.1, -0.05) is 6.92 Å². The minimum absolute atomic E-state index is 0.816. The summed E-state index contributed by atoms with van der Waals surface area (Å²) in [7, 11) is 1.99. The fourth-order valence-electron chi connectivity index (χ4n) is 1.09. The van der Waals surface area contributed by atoms with Gasteiger partial charge in [-0.25, -0.2) is 0 Å². The van der Waals surface area contributed by atoms with E-state index in [1.807, 2.05) is 7.05 Å². The molecule has 0 aromatic rings. The highest BCUT2D eigenvalue weighted by Crippen LogP contribution is 2.10. The average molecular weight is 153 g/mol. The molecule has 0 fully saturated rings. The molecule has 0 aromatic heterocycles. The maximum absolute atomic E-state index is 5.15. The summed E-state index contributed by atoms with van der Waals surface area (Å²) >= 11 is 0. The van der Waals surface area contributed by atoms with E-state index in [0.717, 1.165) is 18.9 Å². The lowest BCUT2D eigenvalue weighted by Crippen LogP contribution is -2.11. The van der Waals surface area contributed by atoms with Crippen molar-refractivity contribution in [3.05, 3.63) is 0 Å². The van der Waals surface area contributed by atoms with Gasteiger partial charge < -0.3 is 5.32 Å². The molecule has 0 aromatic carbocycles. The Morgan fingerprint density at radius 3 is 2.73 bits per heavy atom. The molecule has 11 heavy (non-hydrogen) atoms. The van der Waals surface area contributed by atoms with Crippen molar-refractivity contribution in [2.75, 3.05) is 13.6 Å². The Bertz CT molecular complexity index is 113. The second-order valence-electron chi connectivity index (χ2n) is 3.09. The highest BCUT2D eigenvalue weighted by Gasteiger charge is 1.99. The number of nitrogens with one attached hydrogen (secondary N) is 1. The number of unbranched alkanes of at least 4 members (excludes halogenated alkanes) is 1. The minimum atomic E-state index is 0.816. The molecule has 0 radical (unpaired) electrons. The third-order valence-corrected chi connectivity index (χ3v) is 1.91. The first-order valence-corrected chi connectivity index (χ1v) is 4.39. The van der Waals surface area contributed by atoms with Gasteiger partial charge in [0.2, 0.25) is 0 Å². The van der Waals surface area contributed by atoms with E-state index in [2.05, 4.69) is 18.2 Å². The molecule has 0 rings (SSSR count). The van der Waals surface area contributed by atoms with Crippen molar-refractivity contribution in [1.29, 1.82) is 0 Å². The van der Waals surface area contributed by atoms with Crippen molar-refractivity contribution >= 4 is 0 Å². The predicted octanol–water partition coefficient (Wildman–Crippen LogP) is 2.04. The molecule has 0 bridgehead atoms. The molecule has 0 spiro atoms. The zero-order valence-electron chi connectivity index (χ0n) is 7.69. The highest BCUT2D eigenvalue weighted by atomic mass is 14.8. The van der Waals surface area contributed by atoms with Crippen LogP contribution < -0.4 is 5.32 Å². The molecule has 1 heteroatoms. The standard InChI is InChI=1S/C10H19N/c1-4-5-6-7-10(2)8-9-11-3/h1,10-11H,5-9H2,2-3H3. The molecule has 1 nitrogen and oxygen atoms in total. The quantitative estimate of drug-likeness (QED) is 0.455. The zero-order chi connectivity index (χ0) is 8.53. The van der Waals surface area contributed by atoms with E-state index in [1.54, 1.807) is 0 Å². The van der Waals surface area contributed by atoms with E-state index < -0.39 is 0 Å². The lowest BCUT2D eigenvalue weighted by atomic mass is 10.0. The lowest BCUT2D eigenvalue weighted by Gasteiger charge is -2.08. The summed E-state index contributed by atoms with van der Waals surface area (Å²) in [6.07, 6.45) is 9.80. The smallest absolute Gasteiger partial charge is 0.00861 e. The fraction of sp³-hybridized carbons (Fsp3) is 0.800. The van der Waals surface area contributed by atoms with Gasteiger partial charge in [-0.3, -0.25) is 0 Å². The van der Waals surface area contributed by atoms with E-state index in [4.69, 9.17) is 6.42 Å². The van der Waals surface area contributed by atoms with Crippen LogP contribution >= 0.6 is 0 Å². The van der Waals surface area contributed by atoms with Gasteiger partial charge in [0.15, 0.2) is 0 Å². The van der Waals surface area contributed by atoms with E-state index in [0.29, 0.717) is 0 Å². The van der Waals surface area contributed by atoms with E-state index in [1.165, 1.54) is 19.3 Å². The summed E-state index contributed by atoms with van der Waals surface area (Å²) < 4.78 is 0. The largest absolute Gasteiger partial charge is 0.320 e. The van der Waals surface area contributed by atoms with Crippen LogP contribution in [0.15, 0.2) is 0 Å². The summed E-state index contributed by atoms with van der Waals surface area (Å²) in [5.41, 5.74) is 0. The Balaban J connectivity index is 3.10. The van der Waals surface area contributed by atoms with Crippen LogP contribution in [0.5, 0.6) is 0 Å².